The Morgan fingerprint density at radius 3 is 2.10 bits per heavy atom. The van der Waals surface area contributed by atoms with Crippen LogP contribution in [0.25, 0.3) is 0 Å². The van der Waals surface area contributed by atoms with E-state index in [0.29, 0.717) is 30.5 Å². The Balaban J connectivity index is 1.67. The number of hydrogen-bond donors (Lipinski definition) is 0. The Bertz CT molecular complexity index is 1260. The molecule has 0 aromatic heterocycles. The van der Waals surface area contributed by atoms with Crippen LogP contribution in [-0.2, 0) is 18.7 Å². The molecule has 1 aliphatic rings. The minimum atomic E-state index is -2.68. The molecule has 0 aliphatic carbocycles. The lowest BCUT2D eigenvalue weighted by Gasteiger charge is -2.44. The molecule has 0 spiro atoms. The zero-order chi connectivity index (χ0) is 36.0. The van der Waals surface area contributed by atoms with E-state index >= 15 is 0 Å². The standard InChI is InChI=1S/C44H66O4Si/c1-11-21-38-32-36(6)42(46-38)27-20-19-22-35(5)43(45)47-39(31-34(4)30-33(3)12-2)29-28-37(7)48-49(44(8,9)10,40-23-15-13-16-24-40)41-25-17-14-18-26-41/h11-18,23-26,33,35-39,42H,1-2,4,19-22,27-32H2,3,5-10H3/t33-,35-,36-,37-,38-,39+,42-/m0/s1. The molecule has 0 radical (unpaired) electrons. The molecule has 3 rings (SSSR count). The molecular weight excluding hydrogens is 621 g/mol. The quantitative estimate of drug-likeness (QED) is 0.0568. The molecule has 49 heavy (non-hydrogen) atoms. The summed E-state index contributed by atoms with van der Waals surface area (Å²) in [5.41, 5.74) is 1.10. The van der Waals surface area contributed by atoms with Gasteiger partial charge in [-0.2, -0.15) is 0 Å². The van der Waals surface area contributed by atoms with Crippen LogP contribution < -0.4 is 10.4 Å². The van der Waals surface area contributed by atoms with Crippen molar-refractivity contribution in [2.75, 3.05) is 0 Å². The second-order valence-corrected chi connectivity index (χ2v) is 20.1. The molecule has 7 atom stereocenters. The van der Waals surface area contributed by atoms with Gasteiger partial charge >= 0.3 is 5.97 Å². The lowest BCUT2D eigenvalue weighted by atomic mass is 9.95. The molecule has 2 aromatic carbocycles. The van der Waals surface area contributed by atoms with E-state index in [1.807, 2.05) is 19.1 Å². The Hall–Kier alpha value is -2.73. The van der Waals surface area contributed by atoms with Crippen LogP contribution in [0.5, 0.6) is 0 Å². The molecule has 0 N–H and O–H groups in total. The van der Waals surface area contributed by atoms with E-state index in [9.17, 15) is 4.79 Å². The molecule has 0 bridgehead atoms. The number of allylic oxidation sites excluding steroid dienone is 1. The predicted molar refractivity (Wildman–Crippen MR) is 210 cm³/mol. The summed E-state index contributed by atoms with van der Waals surface area (Å²) in [5, 5.41) is 2.44. The van der Waals surface area contributed by atoms with Crippen LogP contribution in [-0.4, -0.2) is 38.7 Å². The van der Waals surface area contributed by atoms with Gasteiger partial charge in [0.15, 0.2) is 0 Å². The maximum atomic E-state index is 13.5. The average Bonchev–Trinajstić information content (AvgIpc) is 3.42. The van der Waals surface area contributed by atoms with Crippen LogP contribution in [0.3, 0.4) is 0 Å². The maximum Gasteiger partial charge on any atom is 0.308 e. The summed E-state index contributed by atoms with van der Waals surface area (Å²) in [5.74, 6) is 0.655. The first-order chi connectivity index (χ1) is 23.3. The van der Waals surface area contributed by atoms with Crippen LogP contribution in [0.1, 0.15) is 113 Å². The van der Waals surface area contributed by atoms with Crippen LogP contribution in [0, 0.1) is 17.8 Å². The topological polar surface area (TPSA) is 44.8 Å². The van der Waals surface area contributed by atoms with E-state index in [2.05, 4.69) is 122 Å². The van der Waals surface area contributed by atoms with E-state index in [0.717, 1.165) is 63.4 Å². The lowest BCUT2D eigenvalue weighted by molar-refractivity contribution is -0.154. The van der Waals surface area contributed by atoms with Crippen molar-refractivity contribution in [3.63, 3.8) is 0 Å². The number of ether oxygens (including phenoxy) is 2. The summed E-state index contributed by atoms with van der Waals surface area (Å²) < 4.78 is 19.9. The molecule has 1 fully saturated rings. The fourth-order valence-corrected chi connectivity index (χ4v) is 12.2. The fourth-order valence-electron chi connectivity index (χ4n) is 7.51. The van der Waals surface area contributed by atoms with Crippen molar-refractivity contribution in [1.82, 2.24) is 0 Å². The van der Waals surface area contributed by atoms with Gasteiger partial charge in [0.25, 0.3) is 8.32 Å². The molecule has 270 valence electrons. The van der Waals surface area contributed by atoms with E-state index in [4.69, 9.17) is 13.9 Å². The zero-order valence-corrected chi connectivity index (χ0v) is 32.8. The van der Waals surface area contributed by atoms with Gasteiger partial charge in [-0.15, -0.1) is 13.2 Å². The third kappa shape index (κ3) is 11.9. The molecule has 0 saturated carbocycles. The van der Waals surface area contributed by atoms with Gasteiger partial charge in [0.05, 0.1) is 18.1 Å². The number of unbranched alkanes of at least 4 members (excludes halogenated alkanes) is 1. The third-order valence-electron chi connectivity index (χ3n) is 10.3. The van der Waals surface area contributed by atoms with Gasteiger partial charge in [-0.25, -0.2) is 0 Å². The minimum absolute atomic E-state index is 0.0310. The van der Waals surface area contributed by atoms with Crippen molar-refractivity contribution in [3.05, 3.63) is 98.1 Å². The second kappa shape index (κ2) is 19.6. The Labute approximate surface area is 300 Å². The van der Waals surface area contributed by atoms with Crippen molar-refractivity contribution in [3.8, 4) is 0 Å². The van der Waals surface area contributed by atoms with Gasteiger partial charge in [0.2, 0.25) is 0 Å². The minimum Gasteiger partial charge on any atom is -0.462 e. The van der Waals surface area contributed by atoms with E-state index < -0.39 is 8.32 Å². The van der Waals surface area contributed by atoms with Crippen molar-refractivity contribution in [2.45, 2.75) is 142 Å². The van der Waals surface area contributed by atoms with Crippen LogP contribution in [0.2, 0.25) is 5.04 Å². The molecule has 5 heteroatoms. The van der Waals surface area contributed by atoms with Crippen LogP contribution in [0.15, 0.2) is 98.1 Å². The van der Waals surface area contributed by atoms with Gasteiger partial charge in [-0.3, -0.25) is 4.79 Å². The van der Waals surface area contributed by atoms with Gasteiger partial charge < -0.3 is 13.9 Å². The highest BCUT2D eigenvalue weighted by Gasteiger charge is 2.51. The maximum absolute atomic E-state index is 13.5. The van der Waals surface area contributed by atoms with Crippen molar-refractivity contribution < 1.29 is 18.7 Å². The highest BCUT2D eigenvalue weighted by molar-refractivity contribution is 6.99. The second-order valence-electron chi connectivity index (χ2n) is 15.8. The summed E-state index contributed by atoms with van der Waals surface area (Å²) >= 11 is 0. The summed E-state index contributed by atoms with van der Waals surface area (Å²) in [6.07, 6.45) is 13.2. The normalized spacial score (nSPS) is 20.6. The largest absolute Gasteiger partial charge is 0.462 e. The lowest BCUT2D eigenvalue weighted by Crippen LogP contribution is -2.67. The average molecular weight is 687 g/mol. The van der Waals surface area contributed by atoms with Gasteiger partial charge in [-0.1, -0.05) is 139 Å². The first-order valence-electron chi connectivity index (χ1n) is 18.9. The predicted octanol–water partition coefficient (Wildman–Crippen LogP) is 10.4. The Morgan fingerprint density at radius 1 is 0.939 bits per heavy atom. The molecule has 0 amide bonds. The van der Waals surface area contributed by atoms with Crippen LogP contribution in [0.4, 0.5) is 0 Å². The van der Waals surface area contributed by atoms with Crippen LogP contribution >= 0.6 is 0 Å². The smallest absolute Gasteiger partial charge is 0.308 e. The van der Waals surface area contributed by atoms with Crippen molar-refractivity contribution in [2.24, 2.45) is 17.8 Å². The van der Waals surface area contributed by atoms with Crippen molar-refractivity contribution >= 4 is 24.7 Å². The number of benzene rings is 2. The Kier molecular flexibility index (Phi) is 16.3. The molecule has 1 saturated heterocycles. The monoisotopic (exact) mass is 686 g/mol. The zero-order valence-electron chi connectivity index (χ0n) is 31.8. The number of hydrogen-bond acceptors (Lipinski definition) is 4. The van der Waals surface area contributed by atoms with Gasteiger partial charge in [0, 0.05) is 12.5 Å². The molecular formula is C44H66O4Si. The summed E-state index contributed by atoms with van der Waals surface area (Å²) in [4.78, 5) is 13.5. The molecule has 4 nitrogen and oxygen atoms in total. The Morgan fingerprint density at radius 2 is 1.55 bits per heavy atom. The fraction of sp³-hybridized carbons (Fsp3) is 0.568. The molecule has 1 aliphatic heterocycles. The first-order valence-corrected chi connectivity index (χ1v) is 20.8. The molecule has 2 aromatic rings. The van der Waals surface area contributed by atoms with Gasteiger partial charge in [-0.05, 0) is 79.1 Å². The summed E-state index contributed by atoms with van der Waals surface area (Å²) in [7, 11) is -2.68. The highest BCUT2D eigenvalue weighted by Crippen LogP contribution is 2.38. The third-order valence-corrected chi connectivity index (χ3v) is 15.5. The van der Waals surface area contributed by atoms with E-state index in [-0.39, 0.29) is 29.1 Å². The summed E-state index contributed by atoms with van der Waals surface area (Å²) in [6.45, 7) is 27.8. The van der Waals surface area contributed by atoms with Gasteiger partial charge in [0.1, 0.15) is 6.10 Å². The number of carbonyl (C=O) groups excluding carboxylic acids is 1. The first kappa shape index (κ1) is 40.7. The number of rotatable bonds is 21. The van der Waals surface area contributed by atoms with E-state index in [1.54, 1.807) is 0 Å². The number of carbonyl (C=O) groups is 1. The van der Waals surface area contributed by atoms with Crippen molar-refractivity contribution in [1.29, 1.82) is 0 Å². The molecule has 1 heterocycles. The highest BCUT2D eigenvalue weighted by atomic mass is 28.4. The summed E-state index contributed by atoms with van der Waals surface area (Å²) in [6, 6.07) is 21.6. The number of esters is 1. The SMILES string of the molecule is C=CC[C@H]1C[C@H](C)[C@H](CCCC[C@H](C)C(=O)O[C@H](CC[C@H](C)O[Si](c2ccccc2)(c2ccccc2)C(C)(C)C)CC(=C)C[C@@H](C)C=C)O1. The van der Waals surface area contributed by atoms with E-state index in [1.165, 1.54) is 10.4 Å². The molecule has 0 unspecified atom stereocenters.